The number of carbonyl (C=O) groups excluding carboxylic acids is 4. The second kappa shape index (κ2) is 9.61. The van der Waals surface area contributed by atoms with Crippen molar-refractivity contribution in [3.8, 4) is 0 Å². The molecule has 0 saturated carbocycles. The number of rotatable bonds is 8. The molecule has 1 aromatic rings. The Bertz CT molecular complexity index is 884. The summed E-state index contributed by atoms with van der Waals surface area (Å²) in [5.74, 6) is -3.08. The largest absolute Gasteiger partial charge is 0.595 e. The molecule has 1 aromatic carbocycles. The van der Waals surface area contributed by atoms with Crippen molar-refractivity contribution < 1.29 is 39.5 Å². The summed E-state index contributed by atoms with van der Waals surface area (Å²) in [5, 5.41) is 36.0. The fourth-order valence-corrected chi connectivity index (χ4v) is 3.28. The molecule has 1 unspecified atom stereocenters. The first-order chi connectivity index (χ1) is 14.7. The summed E-state index contributed by atoms with van der Waals surface area (Å²) in [5.41, 5.74) is -3.38. The number of nitrogens with one attached hydrogen (secondary N) is 4. The molecule has 32 heavy (non-hydrogen) atoms. The average molecular weight is 452 g/mol. The van der Waals surface area contributed by atoms with Crippen LogP contribution in [0.3, 0.4) is 0 Å². The molecule has 12 nitrogen and oxygen atoms in total. The van der Waals surface area contributed by atoms with Crippen molar-refractivity contribution in [3.05, 3.63) is 35.0 Å². The highest BCUT2D eigenvalue weighted by Crippen LogP contribution is 2.23. The van der Waals surface area contributed by atoms with Crippen molar-refractivity contribution in [2.45, 2.75) is 51.5 Å². The molecule has 3 amide bonds. The monoisotopic (exact) mass is 452 g/mol. The maximum Gasteiger partial charge on any atom is 0.326 e. The van der Waals surface area contributed by atoms with Gasteiger partial charge in [-0.1, -0.05) is 13.8 Å². The molecule has 6 N–H and O–H groups in total. The van der Waals surface area contributed by atoms with E-state index in [1.165, 1.54) is 38.1 Å². The molecule has 3 atom stereocenters. The third kappa shape index (κ3) is 6.01. The van der Waals surface area contributed by atoms with Gasteiger partial charge >= 0.3 is 5.97 Å². The molecule has 1 aliphatic rings. The quantitative estimate of drug-likeness (QED) is 0.203. The van der Waals surface area contributed by atoms with Crippen molar-refractivity contribution in [2.75, 3.05) is 6.54 Å². The second-order valence-electron chi connectivity index (χ2n) is 8.50. The van der Waals surface area contributed by atoms with E-state index >= 15 is 0 Å². The summed E-state index contributed by atoms with van der Waals surface area (Å²) in [7, 11) is 0. The number of piperazine rings is 1. The number of hydrogen-bond acceptors (Lipinski definition) is 8. The van der Waals surface area contributed by atoms with E-state index in [9.17, 15) is 29.5 Å². The minimum Gasteiger partial charge on any atom is -0.595 e. The van der Waals surface area contributed by atoms with Crippen LogP contribution >= 0.6 is 0 Å². The highest BCUT2D eigenvalue weighted by Gasteiger charge is 2.51. The Morgan fingerprint density at radius 2 is 1.88 bits per heavy atom. The number of hydrogen-bond donors (Lipinski definition) is 6. The minimum atomic E-state index is -2.05. The number of esters is 1. The van der Waals surface area contributed by atoms with Crippen LogP contribution in [0.2, 0.25) is 0 Å². The Morgan fingerprint density at radius 3 is 2.41 bits per heavy atom. The summed E-state index contributed by atoms with van der Waals surface area (Å²) in [6, 6.07) is 3.85. The third-order valence-corrected chi connectivity index (χ3v) is 4.81. The Morgan fingerprint density at radius 1 is 1.28 bits per heavy atom. The summed E-state index contributed by atoms with van der Waals surface area (Å²) in [6.07, 6.45) is 0.0109. The van der Waals surface area contributed by atoms with Crippen molar-refractivity contribution >= 4 is 29.4 Å². The lowest BCUT2D eigenvalue weighted by Crippen LogP contribution is -2.99. The van der Waals surface area contributed by atoms with Gasteiger partial charge in [0.2, 0.25) is 11.6 Å². The van der Waals surface area contributed by atoms with Gasteiger partial charge in [0.25, 0.3) is 11.8 Å². The molecule has 0 radical (unpaired) electrons. The van der Waals surface area contributed by atoms with Gasteiger partial charge < -0.3 is 31.0 Å². The third-order valence-electron chi connectivity index (χ3n) is 4.81. The van der Waals surface area contributed by atoms with Crippen LogP contribution < -0.4 is 21.2 Å². The summed E-state index contributed by atoms with van der Waals surface area (Å²) < 4.78 is 5.29. The molecule has 0 aromatic heterocycles. The van der Waals surface area contributed by atoms with Gasteiger partial charge in [-0.15, -0.1) is 0 Å². The normalized spacial score (nSPS) is 22.1. The predicted octanol–water partition coefficient (Wildman–Crippen LogP) is -1.51. The molecule has 1 aliphatic heterocycles. The SMILES string of the molecule is CC(C)C[C@]1(O)NC(=O)[C@@H](C(C)(C)OC(=O)CNC(=O)c2ccc([NH+]([O-])O)cc2)NC1=O. The molecule has 176 valence electrons. The Hall–Kier alpha value is -3.06. The molecule has 0 aliphatic carbocycles. The van der Waals surface area contributed by atoms with E-state index in [2.05, 4.69) is 16.0 Å². The predicted molar refractivity (Wildman–Crippen MR) is 109 cm³/mol. The zero-order valence-corrected chi connectivity index (χ0v) is 18.2. The topological polar surface area (TPSA) is 182 Å². The molecule has 12 heteroatoms. The fraction of sp³-hybridized carbons (Fsp3) is 0.500. The molecule has 1 heterocycles. The molecule has 1 saturated heterocycles. The van der Waals surface area contributed by atoms with Gasteiger partial charge in [-0.2, -0.15) is 5.23 Å². The number of aliphatic hydroxyl groups is 1. The van der Waals surface area contributed by atoms with E-state index in [0.717, 1.165) is 0 Å². The van der Waals surface area contributed by atoms with E-state index in [-0.39, 0.29) is 23.6 Å². The number of quaternary nitrogens is 1. The number of carbonyl (C=O) groups is 4. The smallest absolute Gasteiger partial charge is 0.326 e. The van der Waals surface area contributed by atoms with Crippen LogP contribution in [0.25, 0.3) is 0 Å². The van der Waals surface area contributed by atoms with Gasteiger partial charge in [0, 0.05) is 24.1 Å². The van der Waals surface area contributed by atoms with E-state index in [0.29, 0.717) is 0 Å². The zero-order valence-electron chi connectivity index (χ0n) is 18.2. The Balaban J connectivity index is 1.95. The van der Waals surface area contributed by atoms with E-state index in [4.69, 9.17) is 9.94 Å². The highest BCUT2D eigenvalue weighted by molar-refractivity contribution is 5.99. The average Bonchev–Trinajstić information content (AvgIpc) is 2.67. The maximum atomic E-state index is 12.5. The van der Waals surface area contributed by atoms with Gasteiger partial charge in [0.1, 0.15) is 18.2 Å². The van der Waals surface area contributed by atoms with Crippen LogP contribution in [0.15, 0.2) is 24.3 Å². The van der Waals surface area contributed by atoms with Gasteiger partial charge in [-0.05, 0) is 31.9 Å². The van der Waals surface area contributed by atoms with Crippen molar-refractivity contribution in [2.24, 2.45) is 5.92 Å². The summed E-state index contributed by atoms with van der Waals surface area (Å²) in [6.45, 7) is 5.86. The lowest BCUT2D eigenvalue weighted by Gasteiger charge is -2.42. The van der Waals surface area contributed by atoms with Crippen LogP contribution in [0.1, 0.15) is 44.5 Å². The first-order valence-corrected chi connectivity index (χ1v) is 9.94. The van der Waals surface area contributed by atoms with Crippen LogP contribution in [-0.2, 0) is 19.1 Å². The van der Waals surface area contributed by atoms with E-state index < -0.39 is 52.8 Å². The number of ether oxygens (including phenoxy) is 1. The van der Waals surface area contributed by atoms with Crippen LogP contribution in [0, 0.1) is 11.1 Å². The van der Waals surface area contributed by atoms with Crippen LogP contribution in [0.5, 0.6) is 0 Å². The maximum absolute atomic E-state index is 12.5. The zero-order chi connectivity index (χ0) is 24.3. The van der Waals surface area contributed by atoms with Gasteiger partial charge in [-0.3, -0.25) is 19.2 Å². The van der Waals surface area contributed by atoms with Gasteiger partial charge in [0.15, 0.2) is 5.69 Å². The van der Waals surface area contributed by atoms with Crippen molar-refractivity contribution in [1.82, 2.24) is 16.0 Å². The van der Waals surface area contributed by atoms with Crippen LogP contribution in [0.4, 0.5) is 5.69 Å². The molecule has 1 fully saturated rings. The Labute approximate surface area is 184 Å². The molecular weight excluding hydrogens is 424 g/mol. The minimum absolute atomic E-state index is 0.0100. The second-order valence-corrected chi connectivity index (χ2v) is 8.50. The van der Waals surface area contributed by atoms with Gasteiger partial charge in [-0.25, -0.2) is 5.21 Å². The molecule has 2 rings (SSSR count). The lowest BCUT2D eigenvalue weighted by molar-refractivity contribution is -0.991. The standard InChI is InChI=1S/C20H28N4O8/c1-11(2)9-20(29)18(28)22-15(17(27)23-20)19(3,4)32-14(25)10-21-16(26)12-5-7-13(8-6-12)24(30)31/h5-8,11,15,24,29-30H,9-10H2,1-4H3,(H,21,26)(H,22,28)(H,23,27)/t15-,20+/m0/s1. The fourth-order valence-electron chi connectivity index (χ4n) is 3.28. The lowest BCUT2D eigenvalue weighted by atomic mass is 9.90. The van der Waals surface area contributed by atoms with E-state index in [1.54, 1.807) is 13.8 Å². The molecule has 0 spiro atoms. The van der Waals surface area contributed by atoms with Crippen LogP contribution in [-0.4, -0.2) is 57.9 Å². The molecule has 0 bridgehead atoms. The highest BCUT2D eigenvalue weighted by atomic mass is 16.8. The first kappa shape index (κ1) is 25.2. The summed E-state index contributed by atoms with van der Waals surface area (Å²) >= 11 is 0. The number of benzene rings is 1. The van der Waals surface area contributed by atoms with E-state index in [1.807, 2.05) is 0 Å². The van der Waals surface area contributed by atoms with Crippen molar-refractivity contribution in [1.29, 1.82) is 0 Å². The molecular formula is C20H28N4O8. The first-order valence-electron chi connectivity index (χ1n) is 9.94. The number of amides is 3. The van der Waals surface area contributed by atoms with Gasteiger partial charge in [0.05, 0.1) is 0 Å². The summed E-state index contributed by atoms with van der Waals surface area (Å²) in [4.78, 5) is 49.2. The Kier molecular flexibility index (Phi) is 7.57. The van der Waals surface area contributed by atoms with Crippen molar-refractivity contribution in [3.63, 3.8) is 0 Å².